The molecule has 0 aromatic carbocycles. The molecule has 0 radical (unpaired) electrons. The second-order valence-electron chi connectivity index (χ2n) is 5.85. The smallest absolute Gasteiger partial charge is 0.334 e. The van der Waals surface area contributed by atoms with Crippen LogP contribution in [0.1, 0.15) is 18.5 Å². The van der Waals surface area contributed by atoms with Gasteiger partial charge in [-0.15, -0.1) is 0 Å². The SMILES string of the molecule is Nc1c(/C=C/C2CC2)ncnc1NC(=O)Cn1cccc([N+](=O)[O-])c1=O. The molecule has 2 heterocycles. The molecule has 3 rings (SSSR count). The molecule has 1 aliphatic rings. The molecule has 134 valence electrons. The van der Waals surface area contributed by atoms with E-state index in [0.717, 1.165) is 23.5 Å². The van der Waals surface area contributed by atoms with E-state index in [4.69, 9.17) is 5.73 Å². The number of hydrogen-bond donors (Lipinski definition) is 2. The van der Waals surface area contributed by atoms with E-state index >= 15 is 0 Å². The minimum atomic E-state index is -0.864. The number of rotatable bonds is 6. The zero-order chi connectivity index (χ0) is 18.7. The lowest BCUT2D eigenvalue weighted by Gasteiger charge is -2.09. The average Bonchev–Trinajstić information content (AvgIpc) is 3.41. The third-order valence-electron chi connectivity index (χ3n) is 3.83. The number of nitrogen functional groups attached to an aromatic ring is 1. The molecule has 3 N–H and O–H groups in total. The fraction of sp³-hybridized carbons (Fsp3) is 0.250. The number of nitrogens with two attached hydrogens (primary N) is 1. The number of nitrogens with zero attached hydrogens (tertiary/aromatic N) is 4. The first kappa shape index (κ1) is 17.3. The van der Waals surface area contributed by atoms with E-state index in [1.54, 1.807) is 6.08 Å². The zero-order valence-electron chi connectivity index (χ0n) is 13.7. The van der Waals surface area contributed by atoms with E-state index in [9.17, 15) is 19.7 Å². The van der Waals surface area contributed by atoms with E-state index in [2.05, 4.69) is 15.3 Å². The molecular formula is C16H16N6O4. The van der Waals surface area contributed by atoms with Crippen molar-refractivity contribution in [2.24, 2.45) is 5.92 Å². The predicted octanol–water partition coefficient (Wildman–Crippen LogP) is 1.19. The van der Waals surface area contributed by atoms with Crippen molar-refractivity contribution in [3.63, 3.8) is 0 Å². The highest BCUT2D eigenvalue weighted by Gasteiger charge is 2.18. The molecular weight excluding hydrogens is 340 g/mol. The number of nitro groups is 1. The van der Waals surface area contributed by atoms with Crippen molar-refractivity contribution in [2.45, 2.75) is 19.4 Å². The number of aromatic nitrogens is 3. The Bertz CT molecular complexity index is 948. The lowest BCUT2D eigenvalue weighted by molar-refractivity contribution is -0.386. The van der Waals surface area contributed by atoms with Crippen LogP contribution in [0.25, 0.3) is 6.08 Å². The standard InChI is InChI=1S/C16H16N6O4/c17-14-11(6-5-10-3-4-10)18-9-19-15(14)20-13(23)8-21-7-1-2-12(16(21)24)22(25)26/h1-2,5-7,9-10H,3-4,8,17H2,(H,18,19,20,23)/b6-5+. The molecule has 0 spiro atoms. The summed E-state index contributed by atoms with van der Waals surface area (Å²) in [7, 11) is 0. The Morgan fingerprint density at radius 1 is 1.46 bits per heavy atom. The van der Waals surface area contributed by atoms with Gasteiger partial charge in [-0.2, -0.15) is 0 Å². The van der Waals surface area contributed by atoms with Gasteiger partial charge in [0.15, 0.2) is 5.82 Å². The van der Waals surface area contributed by atoms with Crippen LogP contribution >= 0.6 is 0 Å². The molecule has 0 unspecified atom stereocenters. The van der Waals surface area contributed by atoms with Gasteiger partial charge in [0.25, 0.3) is 0 Å². The Morgan fingerprint density at radius 2 is 2.23 bits per heavy atom. The second-order valence-corrected chi connectivity index (χ2v) is 5.85. The molecule has 0 saturated heterocycles. The minimum Gasteiger partial charge on any atom is -0.394 e. The molecule has 0 atom stereocenters. The van der Waals surface area contributed by atoms with Gasteiger partial charge in [-0.05, 0) is 30.9 Å². The van der Waals surface area contributed by atoms with Gasteiger partial charge >= 0.3 is 11.2 Å². The van der Waals surface area contributed by atoms with Gasteiger partial charge in [0.1, 0.15) is 18.6 Å². The molecule has 10 heteroatoms. The van der Waals surface area contributed by atoms with Crippen molar-refractivity contribution in [1.29, 1.82) is 0 Å². The molecule has 26 heavy (non-hydrogen) atoms. The first-order valence-electron chi connectivity index (χ1n) is 7.88. The topological polar surface area (TPSA) is 146 Å². The Morgan fingerprint density at radius 3 is 2.92 bits per heavy atom. The highest BCUT2D eigenvalue weighted by molar-refractivity contribution is 5.93. The van der Waals surface area contributed by atoms with Crippen molar-refractivity contribution >= 4 is 29.2 Å². The molecule has 1 amide bonds. The van der Waals surface area contributed by atoms with Crippen LogP contribution in [0.4, 0.5) is 17.2 Å². The third kappa shape index (κ3) is 3.91. The van der Waals surface area contributed by atoms with E-state index < -0.39 is 28.6 Å². The summed E-state index contributed by atoms with van der Waals surface area (Å²) in [6, 6.07) is 2.41. The summed E-state index contributed by atoms with van der Waals surface area (Å²) in [5.41, 5.74) is 5.22. The lowest BCUT2D eigenvalue weighted by Crippen LogP contribution is -2.28. The number of hydrogen-bond acceptors (Lipinski definition) is 7. The summed E-state index contributed by atoms with van der Waals surface area (Å²) < 4.78 is 0.943. The van der Waals surface area contributed by atoms with Crippen LogP contribution in [0, 0.1) is 16.0 Å². The quantitative estimate of drug-likeness (QED) is 0.584. The van der Waals surface area contributed by atoms with E-state index in [1.165, 1.54) is 18.6 Å². The molecule has 0 bridgehead atoms. The summed E-state index contributed by atoms with van der Waals surface area (Å²) in [5, 5.41) is 13.3. The number of amides is 1. The number of allylic oxidation sites excluding steroid dienone is 1. The van der Waals surface area contributed by atoms with Crippen LogP contribution in [-0.4, -0.2) is 25.4 Å². The van der Waals surface area contributed by atoms with E-state index in [1.807, 2.05) is 6.08 Å². The first-order chi connectivity index (χ1) is 12.5. The molecule has 10 nitrogen and oxygen atoms in total. The van der Waals surface area contributed by atoms with E-state index in [0.29, 0.717) is 11.6 Å². The van der Waals surface area contributed by atoms with Gasteiger partial charge in [-0.1, -0.05) is 6.08 Å². The lowest BCUT2D eigenvalue weighted by atomic mass is 10.2. The predicted molar refractivity (Wildman–Crippen MR) is 94.2 cm³/mol. The van der Waals surface area contributed by atoms with Gasteiger partial charge in [0, 0.05) is 12.3 Å². The van der Waals surface area contributed by atoms with Gasteiger partial charge in [-0.25, -0.2) is 9.97 Å². The third-order valence-corrected chi connectivity index (χ3v) is 3.83. The highest BCUT2D eigenvalue weighted by Crippen LogP contribution is 2.31. The maximum Gasteiger partial charge on any atom is 0.334 e. The molecule has 1 fully saturated rings. The number of pyridine rings is 1. The van der Waals surface area contributed by atoms with Crippen molar-refractivity contribution in [3.05, 3.63) is 56.9 Å². The van der Waals surface area contributed by atoms with Crippen LogP contribution in [0.2, 0.25) is 0 Å². The van der Waals surface area contributed by atoms with Gasteiger partial charge < -0.3 is 15.6 Å². The molecule has 2 aromatic heterocycles. The Hall–Kier alpha value is -3.56. The summed E-state index contributed by atoms with van der Waals surface area (Å²) in [5.74, 6) is 0.0807. The molecule has 2 aromatic rings. The Labute approximate surface area is 147 Å². The average molecular weight is 356 g/mol. The van der Waals surface area contributed by atoms with Crippen LogP contribution < -0.4 is 16.6 Å². The van der Waals surface area contributed by atoms with Crippen LogP contribution in [-0.2, 0) is 11.3 Å². The number of nitrogens with one attached hydrogen (secondary N) is 1. The van der Waals surface area contributed by atoms with Crippen LogP contribution in [0.3, 0.4) is 0 Å². The molecule has 1 saturated carbocycles. The number of carbonyl (C=O) groups excluding carboxylic acids is 1. The fourth-order valence-corrected chi connectivity index (χ4v) is 2.27. The van der Waals surface area contributed by atoms with Crippen molar-refractivity contribution in [1.82, 2.24) is 14.5 Å². The summed E-state index contributed by atoms with van der Waals surface area (Å²) in [6.07, 6.45) is 8.65. The first-order valence-corrected chi connectivity index (χ1v) is 7.88. The number of carbonyl (C=O) groups is 1. The fourth-order valence-electron chi connectivity index (χ4n) is 2.27. The van der Waals surface area contributed by atoms with Crippen LogP contribution in [0.5, 0.6) is 0 Å². The largest absolute Gasteiger partial charge is 0.394 e. The number of anilines is 2. The van der Waals surface area contributed by atoms with Gasteiger partial charge in [0.2, 0.25) is 5.91 Å². The Balaban J connectivity index is 1.74. The van der Waals surface area contributed by atoms with E-state index in [-0.39, 0.29) is 11.5 Å². The van der Waals surface area contributed by atoms with Gasteiger partial charge in [0.05, 0.1) is 10.6 Å². The van der Waals surface area contributed by atoms with Gasteiger partial charge in [-0.3, -0.25) is 19.7 Å². The molecule has 0 aliphatic heterocycles. The van der Waals surface area contributed by atoms with Crippen LogP contribution in [0.15, 0.2) is 35.5 Å². The van der Waals surface area contributed by atoms with Crippen molar-refractivity contribution in [2.75, 3.05) is 11.1 Å². The maximum absolute atomic E-state index is 12.2. The van der Waals surface area contributed by atoms with Crippen molar-refractivity contribution < 1.29 is 9.72 Å². The normalized spacial score (nSPS) is 13.7. The highest BCUT2D eigenvalue weighted by atomic mass is 16.6. The van der Waals surface area contributed by atoms with Crippen molar-refractivity contribution in [3.8, 4) is 0 Å². The molecule has 1 aliphatic carbocycles. The minimum absolute atomic E-state index is 0.124. The summed E-state index contributed by atoms with van der Waals surface area (Å²) in [4.78, 5) is 42.1. The summed E-state index contributed by atoms with van der Waals surface area (Å²) in [6.45, 7) is -0.406. The maximum atomic E-state index is 12.2. The zero-order valence-corrected chi connectivity index (χ0v) is 13.7. The second kappa shape index (κ2) is 7.13. The Kier molecular flexibility index (Phi) is 4.74. The summed E-state index contributed by atoms with van der Waals surface area (Å²) >= 11 is 0. The monoisotopic (exact) mass is 356 g/mol.